The number of rotatable bonds is 0. The summed E-state index contributed by atoms with van der Waals surface area (Å²) in [7, 11) is 6.21. The van der Waals surface area contributed by atoms with Gasteiger partial charge in [0.15, 0.2) is 5.84 Å². The average molecular weight is 166 g/mol. The van der Waals surface area contributed by atoms with Crippen LogP contribution < -0.4 is 0 Å². The maximum absolute atomic E-state index is 4.43. The molecule has 66 valence electrons. The fourth-order valence-corrected chi connectivity index (χ4v) is 1.62. The van der Waals surface area contributed by atoms with Crippen LogP contribution in [-0.2, 0) is 0 Å². The fraction of sp³-hybridized carbons (Fsp3) is 0.625. The molecular weight excluding hydrogens is 152 g/mol. The first-order valence-electron chi connectivity index (χ1n) is 4.07. The van der Waals surface area contributed by atoms with E-state index in [0.29, 0.717) is 0 Å². The summed E-state index contributed by atoms with van der Waals surface area (Å²) in [6.07, 6.45) is 2.14. The summed E-state index contributed by atoms with van der Waals surface area (Å²) in [6.45, 7) is 1.72. The molecule has 2 aliphatic heterocycles. The molecule has 0 fully saturated rings. The molecule has 0 unspecified atom stereocenters. The van der Waals surface area contributed by atoms with Gasteiger partial charge in [0.1, 0.15) is 6.67 Å². The van der Waals surface area contributed by atoms with Crippen LogP contribution in [0.15, 0.2) is 16.9 Å². The van der Waals surface area contributed by atoms with E-state index in [1.807, 2.05) is 0 Å². The molecule has 0 radical (unpaired) electrons. The Labute approximate surface area is 72.8 Å². The van der Waals surface area contributed by atoms with Crippen molar-refractivity contribution in [2.24, 2.45) is 4.99 Å². The van der Waals surface area contributed by atoms with Crippen molar-refractivity contribution in [2.75, 3.05) is 34.5 Å². The highest BCUT2D eigenvalue weighted by Gasteiger charge is 2.25. The summed E-state index contributed by atoms with van der Waals surface area (Å²) in [4.78, 5) is 10.9. The minimum absolute atomic E-state index is 0.791. The number of hydrogen-bond acceptors (Lipinski definition) is 4. The molecule has 0 N–H and O–H groups in total. The van der Waals surface area contributed by atoms with E-state index in [0.717, 1.165) is 19.2 Å². The molecule has 0 spiro atoms. The molecule has 4 nitrogen and oxygen atoms in total. The monoisotopic (exact) mass is 166 g/mol. The summed E-state index contributed by atoms with van der Waals surface area (Å²) >= 11 is 0. The molecule has 0 saturated carbocycles. The molecule has 0 amide bonds. The standard InChI is InChI=1S/C8H14N4/c1-10-4-7-8(12(3)6-10)9-5-11(7)2/h4H,5-6H2,1-3H3. The van der Waals surface area contributed by atoms with Gasteiger partial charge in [-0.25, -0.2) is 4.99 Å². The van der Waals surface area contributed by atoms with E-state index < -0.39 is 0 Å². The van der Waals surface area contributed by atoms with Crippen LogP contribution in [0.25, 0.3) is 0 Å². The molecule has 2 heterocycles. The second-order valence-corrected chi connectivity index (χ2v) is 3.43. The van der Waals surface area contributed by atoms with Gasteiger partial charge in [-0.15, -0.1) is 0 Å². The predicted molar refractivity (Wildman–Crippen MR) is 48.5 cm³/mol. The van der Waals surface area contributed by atoms with Crippen LogP contribution in [-0.4, -0.2) is 55.0 Å². The van der Waals surface area contributed by atoms with Gasteiger partial charge >= 0.3 is 0 Å². The lowest BCUT2D eigenvalue weighted by Crippen LogP contribution is -2.41. The lowest BCUT2D eigenvalue weighted by atomic mass is 10.3. The highest BCUT2D eigenvalue weighted by atomic mass is 15.4. The van der Waals surface area contributed by atoms with Crippen molar-refractivity contribution in [3.05, 3.63) is 11.9 Å². The van der Waals surface area contributed by atoms with Gasteiger partial charge in [0.05, 0.1) is 12.4 Å². The minimum atomic E-state index is 0.791. The van der Waals surface area contributed by atoms with Gasteiger partial charge in [-0.05, 0) is 0 Å². The normalized spacial score (nSPS) is 22.4. The second-order valence-electron chi connectivity index (χ2n) is 3.43. The van der Waals surface area contributed by atoms with E-state index >= 15 is 0 Å². The van der Waals surface area contributed by atoms with Crippen molar-refractivity contribution in [3.8, 4) is 0 Å². The summed E-state index contributed by atoms with van der Waals surface area (Å²) in [6, 6.07) is 0. The van der Waals surface area contributed by atoms with Crippen molar-refractivity contribution in [1.82, 2.24) is 14.7 Å². The van der Waals surface area contributed by atoms with Gasteiger partial charge in [-0.1, -0.05) is 0 Å². The van der Waals surface area contributed by atoms with Crippen LogP contribution in [0.1, 0.15) is 0 Å². The minimum Gasteiger partial charge on any atom is -0.361 e. The number of hydrogen-bond donors (Lipinski definition) is 0. The number of aliphatic imine (C=N–C) groups is 1. The van der Waals surface area contributed by atoms with Crippen LogP contribution >= 0.6 is 0 Å². The van der Waals surface area contributed by atoms with Crippen molar-refractivity contribution >= 4 is 5.84 Å². The Balaban J connectivity index is 2.34. The van der Waals surface area contributed by atoms with Crippen LogP contribution in [0.5, 0.6) is 0 Å². The molecule has 2 aliphatic rings. The Bertz CT molecular complexity index is 256. The van der Waals surface area contributed by atoms with Gasteiger partial charge in [-0.2, -0.15) is 0 Å². The predicted octanol–water partition coefficient (Wildman–Crippen LogP) is -0.0361. The van der Waals surface area contributed by atoms with E-state index in [9.17, 15) is 0 Å². The smallest absolute Gasteiger partial charge is 0.152 e. The maximum atomic E-state index is 4.43. The molecule has 0 aromatic rings. The van der Waals surface area contributed by atoms with E-state index in [4.69, 9.17) is 0 Å². The Kier molecular flexibility index (Phi) is 1.49. The zero-order valence-corrected chi connectivity index (χ0v) is 7.78. The first-order chi connectivity index (χ1) is 5.68. The first-order valence-corrected chi connectivity index (χ1v) is 4.07. The molecular formula is C8H14N4. The van der Waals surface area contributed by atoms with E-state index in [1.165, 1.54) is 5.70 Å². The third-order valence-electron chi connectivity index (χ3n) is 2.21. The van der Waals surface area contributed by atoms with E-state index in [2.05, 4.69) is 47.0 Å². The summed E-state index contributed by atoms with van der Waals surface area (Å²) in [5.74, 6) is 1.12. The zero-order valence-electron chi connectivity index (χ0n) is 7.78. The van der Waals surface area contributed by atoms with Gasteiger partial charge in [0, 0.05) is 27.3 Å². The molecule has 0 atom stereocenters. The van der Waals surface area contributed by atoms with E-state index in [-0.39, 0.29) is 0 Å². The Morgan fingerprint density at radius 2 is 2.00 bits per heavy atom. The topological polar surface area (TPSA) is 22.1 Å². The average Bonchev–Trinajstić information content (AvgIpc) is 2.33. The van der Waals surface area contributed by atoms with Crippen molar-refractivity contribution < 1.29 is 0 Å². The lowest BCUT2D eigenvalue weighted by Gasteiger charge is -2.32. The van der Waals surface area contributed by atoms with Crippen molar-refractivity contribution in [2.45, 2.75) is 0 Å². The second kappa shape index (κ2) is 2.40. The van der Waals surface area contributed by atoms with Gasteiger partial charge in [0.25, 0.3) is 0 Å². The summed E-state index contributed by atoms with van der Waals surface area (Å²) in [5.41, 5.74) is 1.23. The quantitative estimate of drug-likeness (QED) is 0.504. The largest absolute Gasteiger partial charge is 0.361 e. The third-order valence-corrected chi connectivity index (χ3v) is 2.21. The number of fused-ring (bicyclic) bond motifs is 1. The SMILES string of the molecule is CN1C=C2C(=NCN2C)N(C)C1. The molecule has 0 saturated heterocycles. The molecule has 2 rings (SSSR count). The molecule has 0 bridgehead atoms. The molecule has 4 heteroatoms. The van der Waals surface area contributed by atoms with Gasteiger partial charge in [-0.3, -0.25) is 0 Å². The summed E-state index contributed by atoms with van der Waals surface area (Å²) < 4.78 is 0. The third kappa shape index (κ3) is 0.948. The molecule has 0 aromatic heterocycles. The first kappa shape index (κ1) is 7.46. The fourth-order valence-electron chi connectivity index (χ4n) is 1.62. The summed E-state index contributed by atoms with van der Waals surface area (Å²) in [5, 5.41) is 0. The van der Waals surface area contributed by atoms with Crippen molar-refractivity contribution in [1.29, 1.82) is 0 Å². The van der Waals surface area contributed by atoms with Gasteiger partial charge in [0.2, 0.25) is 0 Å². The number of likely N-dealkylation sites (N-methyl/N-ethyl adjacent to an activating group) is 2. The Hall–Kier alpha value is -1.19. The Morgan fingerprint density at radius 3 is 2.75 bits per heavy atom. The highest BCUT2D eigenvalue weighted by molar-refractivity contribution is 5.99. The zero-order chi connectivity index (χ0) is 8.72. The molecule has 12 heavy (non-hydrogen) atoms. The highest BCUT2D eigenvalue weighted by Crippen LogP contribution is 2.18. The maximum Gasteiger partial charge on any atom is 0.152 e. The molecule has 0 aliphatic carbocycles. The molecule has 0 aromatic carbocycles. The number of nitrogens with zero attached hydrogens (tertiary/aromatic N) is 4. The Morgan fingerprint density at radius 1 is 1.25 bits per heavy atom. The van der Waals surface area contributed by atoms with Crippen LogP contribution in [0.2, 0.25) is 0 Å². The number of amidine groups is 1. The van der Waals surface area contributed by atoms with Crippen LogP contribution in [0.4, 0.5) is 0 Å². The van der Waals surface area contributed by atoms with Crippen LogP contribution in [0.3, 0.4) is 0 Å². The van der Waals surface area contributed by atoms with E-state index in [1.54, 1.807) is 0 Å². The van der Waals surface area contributed by atoms with Crippen LogP contribution in [0, 0.1) is 0 Å². The lowest BCUT2D eigenvalue weighted by molar-refractivity contribution is 0.294. The van der Waals surface area contributed by atoms with Crippen molar-refractivity contribution in [3.63, 3.8) is 0 Å². The van der Waals surface area contributed by atoms with Gasteiger partial charge < -0.3 is 14.7 Å².